The zero-order valence-corrected chi connectivity index (χ0v) is 7.71. The van der Waals surface area contributed by atoms with E-state index in [1.165, 1.54) is 11.8 Å². The molecule has 0 aliphatic heterocycles. The molecule has 0 fully saturated rings. The van der Waals surface area contributed by atoms with Gasteiger partial charge in [-0.2, -0.15) is 0 Å². The maximum absolute atomic E-state index is 11.1. The van der Waals surface area contributed by atoms with E-state index in [9.17, 15) is 4.79 Å². The second-order valence-electron chi connectivity index (χ2n) is 2.47. The Bertz CT molecular complexity index is 316. The van der Waals surface area contributed by atoms with Crippen molar-refractivity contribution in [1.82, 2.24) is 4.98 Å². The fraction of sp³-hybridized carbons (Fsp3) is 0.375. The van der Waals surface area contributed by atoms with E-state index in [2.05, 4.69) is 4.98 Å². The molecule has 1 heterocycles. The van der Waals surface area contributed by atoms with Crippen molar-refractivity contribution < 1.29 is 0 Å². The summed E-state index contributed by atoms with van der Waals surface area (Å²) in [5.74, 6) is 0. The van der Waals surface area contributed by atoms with Crippen molar-refractivity contribution in [2.75, 3.05) is 6.26 Å². The monoisotopic (exact) mass is 169 g/mol. The normalized spacial score (nSPS) is 10.1. The Morgan fingerprint density at radius 1 is 1.45 bits per heavy atom. The molecule has 1 N–H and O–H groups in total. The zero-order chi connectivity index (χ0) is 8.43. The lowest BCUT2D eigenvalue weighted by molar-refractivity contribution is 1.05. The Morgan fingerprint density at radius 2 is 2.09 bits per heavy atom. The van der Waals surface area contributed by atoms with Gasteiger partial charge in [-0.1, -0.05) is 0 Å². The van der Waals surface area contributed by atoms with Gasteiger partial charge in [0.2, 0.25) is 0 Å². The molecular formula is C8H11NOS. The number of pyridine rings is 1. The van der Waals surface area contributed by atoms with Gasteiger partial charge in [-0.3, -0.25) is 4.79 Å². The maximum atomic E-state index is 11.1. The number of nitrogens with one attached hydrogen (secondary N) is 1. The van der Waals surface area contributed by atoms with Crippen molar-refractivity contribution in [2.45, 2.75) is 18.7 Å². The van der Waals surface area contributed by atoms with Crippen LogP contribution in [0.25, 0.3) is 0 Å². The minimum atomic E-state index is 0.0144. The topological polar surface area (TPSA) is 32.9 Å². The molecule has 1 rings (SSSR count). The van der Waals surface area contributed by atoms with Crippen LogP contribution >= 0.6 is 11.8 Å². The number of thioether (sulfide) groups is 1. The minimum Gasteiger partial charge on any atom is -0.325 e. The van der Waals surface area contributed by atoms with Gasteiger partial charge in [0.25, 0.3) is 5.56 Å². The predicted molar refractivity (Wildman–Crippen MR) is 48.3 cm³/mol. The smallest absolute Gasteiger partial charge is 0.261 e. The van der Waals surface area contributed by atoms with Crippen LogP contribution in [0.5, 0.6) is 0 Å². The van der Waals surface area contributed by atoms with Gasteiger partial charge >= 0.3 is 0 Å². The van der Waals surface area contributed by atoms with E-state index in [0.29, 0.717) is 0 Å². The summed E-state index contributed by atoms with van der Waals surface area (Å²) in [5, 5.41) is 0. The highest BCUT2D eigenvalue weighted by Gasteiger charge is 1.99. The van der Waals surface area contributed by atoms with Crippen LogP contribution in [0.4, 0.5) is 0 Å². The molecule has 60 valence electrons. The number of H-pyrrole nitrogens is 1. The van der Waals surface area contributed by atoms with Crippen LogP contribution in [-0.4, -0.2) is 11.2 Å². The van der Waals surface area contributed by atoms with Crippen LogP contribution in [0.15, 0.2) is 15.8 Å². The first-order valence-electron chi connectivity index (χ1n) is 3.39. The Morgan fingerprint density at radius 3 is 2.64 bits per heavy atom. The molecule has 0 aliphatic rings. The minimum absolute atomic E-state index is 0.0144. The summed E-state index contributed by atoms with van der Waals surface area (Å²) in [6, 6.07) is 1.92. The molecule has 0 atom stereocenters. The zero-order valence-electron chi connectivity index (χ0n) is 6.89. The molecule has 3 heteroatoms. The average Bonchev–Trinajstić information content (AvgIpc) is 1.97. The Labute approximate surface area is 70.0 Å². The van der Waals surface area contributed by atoms with E-state index in [-0.39, 0.29) is 5.56 Å². The molecule has 0 aliphatic carbocycles. The molecule has 0 amide bonds. The summed E-state index contributed by atoms with van der Waals surface area (Å²) in [5.41, 5.74) is 2.10. The third-order valence-corrected chi connectivity index (χ3v) is 2.43. The molecule has 11 heavy (non-hydrogen) atoms. The van der Waals surface area contributed by atoms with E-state index >= 15 is 0 Å². The molecule has 1 aromatic rings. The Hall–Kier alpha value is -0.700. The second kappa shape index (κ2) is 3.13. The maximum Gasteiger partial charge on any atom is 0.261 e. The fourth-order valence-corrected chi connectivity index (χ4v) is 1.38. The fourth-order valence-electron chi connectivity index (χ4n) is 0.853. The number of hydrogen-bond acceptors (Lipinski definition) is 2. The van der Waals surface area contributed by atoms with E-state index in [4.69, 9.17) is 0 Å². The lowest BCUT2D eigenvalue weighted by Crippen LogP contribution is -2.10. The van der Waals surface area contributed by atoms with Crippen molar-refractivity contribution in [1.29, 1.82) is 0 Å². The first-order chi connectivity index (χ1) is 5.15. The molecule has 0 aromatic carbocycles. The van der Waals surface area contributed by atoms with Gasteiger partial charge in [-0.15, -0.1) is 11.8 Å². The first kappa shape index (κ1) is 8.40. The highest BCUT2D eigenvalue weighted by Crippen LogP contribution is 2.11. The second-order valence-corrected chi connectivity index (χ2v) is 3.32. The van der Waals surface area contributed by atoms with Gasteiger partial charge in [0.05, 0.1) is 4.90 Å². The van der Waals surface area contributed by atoms with E-state index < -0.39 is 0 Å². The van der Waals surface area contributed by atoms with Gasteiger partial charge in [-0.05, 0) is 31.7 Å². The van der Waals surface area contributed by atoms with Gasteiger partial charge in [0.15, 0.2) is 0 Å². The van der Waals surface area contributed by atoms with Crippen molar-refractivity contribution in [3.63, 3.8) is 0 Å². The number of aromatic amines is 1. The molecule has 0 saturated carbocycles. The summed E-state index contributed by atoms with van der Waals surface area (Å²) in [4.78, 5) is 14.7. The van der Waals surface area contributed by atoms with Crippen LogP contribution in [0.1, 0.15) is 11.3 Å². The quantitative estimate of drug-likeness (QED) is 0.649. The highest BCUT2D eigenvalue weighted by molar-refractivity contribution is 7.98. The van der Waals surface area contributed by atoms with Crippen LogP contribution in [0.2, 0.25) is 0 Å². The number of aryl methyl sites for hydroxylation is 2. The van der Waals surface area contributed by atoms with Gasteiger partial charge in [-0.25, -0.2) is 0 Å². The Balaban J connectivity index is 3.32. The SMILES string of the molecule is CSc1cc(C)c(C)[nH]c1=O. The molecular weight excluding hydrogens is 158 g/mol. The molecule has 2 nitrogen and oxygen atoms in total. The highest BCUT2D eigenvalue weighted by atomic mass is 32.2. The third kappa shape index (κ3) is 1.66. The third-order valence-electron chi connectivity index (χ3n) is 1.68. The van der Waals surface area contributed by atoms with Crippen LogP contribution in [-0.2, 0) is 0 Å². The largest absolute Gasteiger partial charge is 0.325 e. The van der Waals surface area contributed by atoms with Crippen molar-refractivity contribution in [3.8, 4) is 0 Å². The van der Waals surface area contributed by atoms with Crippen molar-refractivity contribution >= 4 is 11.8 Å². The summed E-state index contributed by atoms with van der Waals surface area (Å²) < 4.78 is 0. The van der Waals surface area contributed by atoms with Crippen molar-refractivity contribution in [3.05, 3.63) is 27.7 Å². The average molecular weight is 169 g/mol. The number of hydrogen-bond donors (Lipinski definition) is 1. The first-order valence-corrected chi connectivity index (χ1v) is 4.62. The molecule has 1 aromatic heterocycles. The lowest BCUT2D eigenvalue weighted by atomic mass is 10.2. The van der Waals surface area contributed by atoms with E-state index in [0.717, 1.165) is 16.2 Å². The van der Waals surface area contributed by atoms with Gasteiger partial charge in [0.1, 0.15) is 0 Å². The molecule has 0 spiro atoms. The number of aromatic nitrogens is 1. The molecule has 0 bridgehead atoms. The van der Waals surface area contributed by atoms with Crippen LogP contribution < -0.4 is 5.56 Å². The summed E-state index contributed by atoms with van der Waals surface area (Å²) in [6.07, 6.45) is 1.90. The summed E-state index contributed by atoms with van der Waals surface area (Å²) in [6.45, 7) is 3.89. The number of rotatable bonds is 1. The summed E-state index contributed by atoms with van der Waals surface area (Å²) in [7, 11) is 0. The van der Waals surface area contributed by atoms with Crippen molar-refractivity contribution in [2.24, 2.45) is 0 Å². The van der Waals surface area contributed by atoms with Gasteiger partial charge in [0, 0.05) is 5.69 Å². The lowest BCUT2D eigenvalue weighted by Gasteiger charge is -2.00. The summed E-state index contributed by atoms with van der Waals surface area (Å²) >= 11 is 1.47. The van der Waals surface area contributed by atoms with Crippen LogP contribution in [0, 0.1) is 13.8 Å². The predicted octanol–water partition coefficient (Wildman–Crippen LogP) is 1.71. The molecule has 0 radical (unpaired) electrons. The van der Waals surface area contributed by atoms with E-state index in [1.54, 1.807) is 0 Å². The van der Waals surface area contributed by atoms with E-state index in [1.807, 2.05) is 26.2 Å². The molecule has 0 unspecified atom stereocenters. The van der Waals surface area contributed by atoms with Gasteiger partial charge < -0.3 is 4.98 Å². The molecule has 0 saturated heterocycles. The Kier molecular flexibility index (Phi) is 2.39. The standard InChI is InChI=1S/C8H11NOS/c1-5-4-7(11-3)8(10)9-6(5)2/h4H,1-3H3,(H,9,10). The van der Waals surface area contributed by atoms with Crippen LogP contribution in [0.3, 0.4) is 0 Å².